The minimum atomic E-state index is 0.426. The summed E-state index contributed by atoms with van der Waals surface area (Å²) in [6.07, 6.45) is 4.83. The Labute approximate surface area is 73.4 Å². The molecule has 0 fully saturated rings. The lowest BCUT2D eigenvalue weighted by molar-refractivity contribution is 0.465. The number of benzene rings is 1. The molecule has 1 heteroatoms. The molecule has 0 aliphatic carbocycles. The molecule has 0 saturated heterocycles. The van der Waals surface area contributed by atoms with Gasteiger partial charge in [0.1, 0.15) is 5.75 Å². The fourth-order valence-corrected chi connectivity index (χ4v) is 1.13. The highest BCUT2D eigenvalue weighted by atomic mass is 16.3. The SMILES string of the molecule is CC=CCc1cccc(C)c1O. The molecule has 0 bridgehead atoms. The maximum absolute atomic E-state index is 9.59. The summed E-state index contributed by atoms with van der Waals surface area (Å²) >= 11 is 0. The Morgan fingerprint density at radius 1 is 1.42 bits per heavy atom. The maximum atomic E-state index is 9.59. The summed E-state index contributed by atoms with van der Waals surface area (Å²) in [7, 11) is 0. The van der Waals surface area contributed by atoms with Crippen molar-refractivity contribution in [2.75, 3.05) is 0 Å². The first kappa shape index (κ1) is 8.85. The molecule has 0 atom stereocenters. The van der Waals surface area contributed by atoms with E-state index in [0.717, 1.165) is 17.5 Å². The second kappa shape index (κ2) is 3.96. The molecule has 0 aliphatic rings. The molecular weight excluding hydrogens is 148 g/mol. The van der Waals surface area contributed by atoms with E-state index < -0.39 is 0 Å². The maximum Gasteiger partial charge on any atom is 0.121 e. The average molecular weight is 162 g/mol. The second-order valence-electron chi connectivity index (χ2n) is 2.86. The predicted octanol–water partition coefficient (Wildman–Crippen LogP) is 2.82. The number of aromatic hydroxyl groups is 1. The van der Waals surface area contributed by atoms with Crippen molar-refractivity contribution in [3.8, 4) is 5.75 Å². The van der Waals surface area contributed by atoms with Crippen LogP contribution in [0.4, 0.5) is 0 Å². The van der Waals surface area contributed by atoms with E-state index in [2.05, 4.69) is 0 Å². The van der Waals surface area contributed by atoms with Crippen molar-refractivity contribution >= 4 is 0 Å². The molecule has 0 aliphatic heterocycles. The summed E-state index contributed by atoms with van der Waals surface area (Å²) < 4.78 is 0. The lowest BCUT2D eigenvalue weighted by Gasteiger charge is -2.03. The molecule has 0 unspecified atom stereocenters. The Kier molecular flexibility index (Phi) is 2.92. The van der Waals surface area contributed by atoms with Gasteiger partial charge in [-0.05, 0) is 31.4 Å². The monoisotopic (exact) mass is 162 g/mol. The van der Waals surface area contributed by atoms with Crippen LogP contribution in [0.2, 0.25) is 0 Å². The summed E-state index contributed by atoms with van der Waals surface area (Å²) in [4.78, 5) is 0. The van der Waals surface area contributed by atoms with Crippen LogP contribution in [0, 0.1) is 6.92 Å². The normalized spacial score (nSPS) is 10.8. The zero-order valence-corrected chi connectivity index (χ0v) is 7.54. The highest BCUT2D eigenvalue weighted by molar-refractivity contribution is 5.40. The smallest absolute Gasteiger partial charge is 0.121 e. The summed E-state index contributed by atoms with van der Waals surface area (Å²) in [5.41, 5.74) is 1.94. The van der Waals surface area contributed by atoms with E-state index in [0.29, 0.717) is 5.75 Å². The molecule has 1 N–H and O–H groups in total. The highest BCUT2D eigenvalue weighted by Crippen LogP contribution is 2.21. The van der Waals surface area contributed by atoms with E-state index in [-0.39, 0.29) is 0 Å². The van der Waals surface area contributed by atoms with Gasteiger partial charge in [0, 0.05) is 0 Å². The first-order valence-electron chi connectivity index (χ1n) is 4.14. The van der Waals surface area contributed by atoms with Crippen LogP contribution in [-0.4, -0.2) is 5.11 Å². The van der Waals surface area contributed by atoms with Crippen LogP contribution in [0.1, 0.15) is 18.1 Å². The molecule has 0 spiro atoms. The molecule has 0 heterocycles. The zero-order valence-electron chi connectivity index (χ0n) is 7.54. The van der Waals surface area contributed by atoms with Crippen LogP contribution in [0.15, 0.2) is 30.4 Å². The van der Waals surface area contributed by atoms with E-state index >= 15 is 0 Å². The molecule has 0 saturated carbocycles. The molecule has 0 radical (unpaired) electrons. The topological polar surface area (TPSA) is 20.2 Å². The highest BCUT2D eigenvalue weighted by Gasteiger charge is 2.00. The Morgan fingerprint density at radius 2 is 2.17 bits per heavy atom. The summed E-state index contributed by atoms with van der Waals surface area (Å²) in [5, 5.41) is 9.59. The van der Waals surface area contributed by atoms with Gasteiger partial charge in [-0.2, -0.15) is 0 Å². The Morgan fingerprint density at radius 3 is 2.83 bits per heavy atom. The number of allylic oxidation sites excluding steroid dienone is 2. The fourth-order valence-electron chi connectivity index (χ4n) is 1.13. The van der Waals surface area contributed by atoms with Crippen molar-refractivity contribution in [2.24, 2.45) is 0 Å². The molecule has 1 aromatic carbocycles. The van der Waals surface area contributed by atoms with Gasteiger partial charge in [-0.3, -0.25) is 0 Å². The Bertz CT molecular complexity index is 287. The number of phenols is 1. The number of rotatable bonds is 2. The van der Waals surface area contributed by atoms with Crippen LogP contribution in [-0.2, 0) is 6.42 Å². The lowest BCUT2D eigenvalue weighted by Crippen LogP contribution is -1.84. The van der Waals surface area contributed by atoms with Crippen molar-refractivity contribution in [3.05, 3.63) is 41.5 Å². The molecule has 1 aromatic rings. The van der Waals surface area contributed by atoms with Crippen molar-refractivity contribution in [2.45, 2.75) is 20.3 Å². The Hall–Kier alpha value is -1.24. The van der Waals surface area contributed by atoms with Gasteiger partial charge in [-0.15, -0.1) is 0 Å². The molecule has 0 amide bonds. The second-order valence-corrected chi connectivity index (χ2v) is 2.86. The van der Waals surface area contributed by atoms with Gasteiger partial charge in [0.2, 0.25) is 0 Å². The van der Waals surface area contributed by atoms with Crippen LogP contribution in [0.25, 0.3) is 0 Å². The summed E-state index contributed by atoms with van der Waals surface area (Å²) in [6, 6.07) is 5.82. The largest absolute Gasteiger partial charge is 0.507 e. The van der Waals surface area contributed by atoms with Crippen molar-refractivity contribution in [3.63, 3.8) is 0 Å². The van der Waals surface area contributed by atoms with E-state index in [1.54, 1.807) is 0 Å². The molecule has 12 heavy (non-hydrogen) atoms. The summed E-state index contributed by atoms with van der Waals surface area (Å²) in [5.74, 6) is 0.426. The van der Waals surface area contributed by atoms with Crippen molar-refractivity contribution in [1.29, 1.82) is 0 Å². The van der Waals surface area contributed by atoms with Crippen molar-refractivity contribution in [1.82, 2.24) is 0 Å². The number of hydrogen-bond donors (Lipinski definition) is 1. The van der Waals surface area contributed by atoms with E-state index in [1.165, 1.54) is 0 Å². The van der Waals surface area contributed by atoms with Gasteiger partial charge in [0.05, 0.1) is 0 Å². The minimum Gasteiger partial charge on any atom is -0.507 e. The fraction of sp³-hybridized carbons (Fsp3) is 0.273. The first-order valence-corrected chi connectivity index (χ1v) is 4.14. The van der Waals surface area contributed by atoms with Gasteiger partial charge in [0.25, 0.3) is 0 Å². The third-order valence-corrected chi connectivity index (χ3v) is 1.89. The minimum absolute atomic E-state index is 0.426. The van der Waals surface area contributed by atoms with Crippen molar-refractivity contribution < 1.29 is 5.11 Å². The number of hydrogen-bond acceptors (Lipinski definition) is 1. The lowest BCUT2D eigenvalue weighted by atomic mass is 10.1. The van der Waals surface area contributed by atoms with Gasteiger partial charge in [-0.1, -0.05) is 30.4 Å². The van der Waals surface area contributed by atoms with Crippen LogP contribution in [0.5, 0.6) is 5.75 Å². The molecule has 1 nitrogen and oxygen atoms in total. The predicted molar refractivity (Wildman–Crippen MR) is 51.4 cm³/mol. The van der Waals surface area contributed by atoms with Gasteiger partial charge < -0.3 is 5.11 Å². The summed E-state index contributed by atoms with van der Waals surface area (Å²) in [6.45, 7) is 3.89. The zero-order chi connectivity index (χ0) is 8.97. The third-order valence-electron chi connectivity index (χ3n) is 1.89. The van der Waals surface area contributed by atoms with E-state index in [9.17, 15) is 5.11 Å². The molecule has 64 valence electrons. The standard InChI is InChI=1S/C11H14O/c1-3-4-7-10-8-5-6-9(2)11(10)12/h3-6,8,12H,7H2,1-2H3. The molecule has 0 aromatic heterocycles. The Balaban J connectivity index is 2.92. The number of aryl methyl sites for hydroxylation is 1. The quantitative estimate of drug-likeness (QED) is 0.663. The van der Waals surface area contributed by atoms with Gasteiger partial charge in [-0.25, -0.2) is 0 Å². The van der Waals surface area contributed by atoms with Gasteiger partial charge >= 0.3 is 0 Å². The van der Waals surface area contributed by atoms with Crippen LogP contribution in [0.3, 0.4) is 0 Å². The molecule has 1 rings (SSSR count). The van der Waals surface area contributed by atoms with Crippen LogP contribution < -0.4 is 0 Å². The van der Waals surface area contributed by atoms with E-state index in [1.807, 2.05) is 44.2 Å². The van der Waals surface area contributed by atoms with Crippen LogP contribution >= 0.6 is 0 Å². The number of phenolic OH excluding ortho intramolecular Hbond substituents is 1. The first-order chi connectivity index (χ1) is 5.75. The third kappa shape index (κ3) is 1.88. The van der Waals surface area contributed by atoms with Gasteiger partial charge in [0.15, 0.2) is 0 Å². The molecular formula is C11H14O. The average Bonchev–Trinajstić information content (AvgIpc) is 2.08. The van der Waals surface area contributed by atoms with E-state index in [4.69, 9.17) is 0 Å². The number of para-hydroxylation sites is 1.